The van der Waals surface area contributed by atoms with Crippen molar-refractivity contribution in [3.05, 3.63) is 40.9 Å². The van der Waals surface area contributed by atoms with E-state index in [1.54, 1.807) is 0 Å². The van der Waals surface area contributed by atoms with Gasteiger partial charge in [-0.05, 0) is 79.7 Å². The van der Waals surface area contributed by atoms with Gasteiger partial charge in [0.15, 0.2) is 0 Å². The molecular formula is C24H35BrClNO. The Balaban J connectivity index is 0.00000280. The van der Waals surface area contributed by atoms with E-state index in [9.17, 15) is 0 Å². The van der Waals surface area contributed by atoms with Gasteiger partial charge in [0.2, 0.25) is 0 Å². The van der Waals surface area contributed by atoms with Crippen LogP contribution in [-0.2, 0) is 0 Å². The van der Waals surface area contributed by atoms with Crippen LogP contribution in [0.2, 0.25) is 0 Å². The van der Waals surface area contributed by atoms with E-state index >= 15 is 0 Å². The summed E-state index contributed by atoms with van der Waals surface area (Å²) in [5.74, 6) is 2.00. The van der Waals surface area contributed by atoms with Crippen LogP contribution in [0.5, 0.6) is 5.75 Å². The zero-order chi connectivity index (χ0) is 18.7. The molecule has 2 aromatic carbocycles. The minimum absolute atomic E-state index is 0. The largest absolute Gasteiger partial charge is 0.494 e. The maximum Gasteiger partial charge on any atom is 0.119 e. The topological polar surface area (TPSA) is 21.3 Å². The Morgan fingerprint density at radius 1 is 0.821 bits per heavy atom. The molecule has 2 nitrogen and oxygen atoms in total. The zero-order valence-corrected chi connectivity index (χ0v) is 19.3. The molecule has 1 aliphatic carbocycles. The van der Waals surface area contributed by atoms with Crippen LogP contribution in [0, 0.1) is 5.92 Å². The molecule has 0 atom stereocenters. The van der Waals surface area contributed by atoms with Crippen molar-refractivity contribution in [1.29, 1.82) is 0 Å². The molecule has 1 saturated carbocycles. The lowest BCUT2D eigenvalue weighted by Gasteiger charge is -2.08. The molecule has 1 aliphatic rings. The van der Waals surface area contributed by atoms with Gasteiger partial charge < -0.3 is 10.1 Å². The summed E-state index contributed by atoms with van der Waals surface area (Å²) in [5.41, 5.74) is 0. The van der Waals surface area contributed by atoms with E-state index in [4.69, 9.17) is 4.74 Å². The summed E-state index contributed by atoms with van der Waals surface area (Å²) in [5, 5.41) is 6.06. The lowest BCUT2D eigenvalue weighted by Crippen LogP contribution is -2.17. The van der Waals surface area contributed by atoms with Crippen molar-refractivity contribution in [1.82, 2.24) is 5.32 Å². The molecule has 28 heavy (non-hydrogen) atoms. The number of nitrogens with one attached hydrogen (secondary N) is 1. The summed E-state index contributed by atoms with van der Waals surface area (Å²) < 4.78 is 7.05. The van der Waals surface area contributed by atoms with Crippen LogP contribution < -0.4 is 10.1 Å². The van der Waals surface area contributed by atoms with Crippen molar-refractivity contribution >= 4 is 39.1 Å². The summed E-state index contributed by atoms with van der Waals surface area (Å²) in [6.45, 7) is 3.31. The molecule has 0 unspecified atom stereocenters. The fourth-order valence-electron chi connectivity index (χ4n) is 3.52. The molecule has 0 spiro atoms. The first-order valence-corrected chi connectivity index (χ1v) is 11.6. The quantitative estimate of drug-likeness (QED) is 0.289. The lowest BCUT2D eigenvalue weighted by molar-refractivity contribution is 0.304. The highest BCUT2D eigenvalue weighted by molar-refractivity contribution is 9.10. The maximum absolute atomic E-state index is 5.93. The molecule has 1 N–H and O–H groups in total. The highest BCUT2D eigenvalue weighted by atomic mass is 79.9. The Bertz CT molecular complexity index is 689. The highest BCUT2D eigenvalue weighted by Gasteiger charge is 2.19. The van der Waals surface area contributed by atoms with Gasteiger partial charge in [0.25, 0.3) is 0 Å². The Labute approximate surface area is 185 Å². The molecule has 0 saturated heterocycles. The monoisotopic (exact) mass is 467 g/mol. The number of hydrogen-bond acceptors (Lipinski definition) is 2. The van der Waals surface area contributed by atoms with E-state index in [1.165, 1.54) is 81.6 Å². The van der Waals surface area contributed by atoms with Gasteiger partial charge in [-0.2, -0.15) is 0 Å². The molecule has 4 heteroatoms. The van der Waals surface area contributed by atoms with Gasteiger partial charge in [0, 0.05) is 4.47 Å². The van der Waals surface area contributed by atoms with Gasteiger partial charge in [-0.25, -0.2) is 0 Å². The van der Waals surface area contributed by atoms with E-state index in [2.05, 4.69) is 57.6 Å². The van der Waals surface area contributed by atoms with Crippen LogP contribution in [0.15, 0.2) is 40.9 Å². The molecular weight excluding hydrogens is 434 g/mol. The van der Waals surface area contributed by atoms with E-state index in [0.29, 0.717) is 0 Å². The summed E-state index contributed by atoms with van der Waals surface area (Å²) in [4.78, 5) is 0. The van der Waals surface area contributed by atoms with Gasteiger partial charge >= 0.3 is 0 Å². The van der Waals surface area contributed by atoms with E-state index < -0.39 is 0 Å². The van der Waals surface area contributed by atoms with Crippen molar-refractivity contribution in [2.45, 2.75) is 64.2 Å². The number of unbranched alkanes of at least 4 members (excludes halogenated alkanes) is 7. The van der Waals surface area contributed by atoms with Crippen LogP contribution in [0.1, 0.15) is 64.2 Å². The molecule has 2 aromatic rings. The average molecular weight is 469 g/mol. The van der Waals surface area contributed by atoms with Gasteiger partial charge in [-0.1, -0.05) is 66.6 Å². The lowest BCUT2D eigenvalue weighted by atomic mass is 10.1. The molecule has 3 rings (SSSR count). The van der Waals surface area contributed by atoms with Gasteiger partial charge in [0.05, 0.1) is 6.61 Å². The van der Waals surface area contributed by atoms with Crippen LogP contribution in [-0.4, -0.2) is 19.7 Å². The van der Waals surface area contributed by atoms with Gasteiger partial charge in [-0.3, -0.25) is 0 Å². The summed E-state index contributed by atoms with van der Waals surface area (Å²) in [7, 11) is 0. The summed E-state index contributed by atoms with van der Waals surface area (Å²) >= 11 is 3.52. The first kappa shape index (κ1) is 23.5. The Hall–Kier alpha value is -0.770. The molecule has 0 amide bonds. The number of hydrogen-bond donors (Lipinski definition) is 1. The first-order chi connectivity index (χ1) is 13.3. The third-order valence-electron chi connectivity index (χ3n) is 5.42. The van der Waals surface area contributed by atoms with E-state index in [0.717, 1.165) is 29.2 Å². The normalized spacial score (nSPS) is 13.5. The molecule has 0 heterocycles. The number of benzene rings is 2. The Morgan fingerprint density at radius 2 is 1.46 bits per heavy atom. The minimum Gasteiger partial charge on any atom is -0.494 e. The maximum atomic E-state index is 5.93. The van der Waals surface area contributed by atoms with Crippen molar-refractivity contribution < 1.29 is 4.74 Å². The number of fused-ring (bicyclic) bond motifs is 1. The van der Waals surface area contributed by atoms with Gasteiger partial charge in [-0.15, -0.1) is 12.4 Å². The van der Waals surface area contributed by atoms with Crippen LogP contribution >= 0.6 is 28.3 Å². The highest BCUT2D eigenvalue weighted by Crippen LogP contribution is 2.27. The number of ether oxygens (including phenoxy) is 1. The molecule has 0 bridgehead atoms. The molecule has 0 aromatic heterocycles. The van der Waals surface area contributed by atoms with Gasteiger partial charge in [0.1, 0.15) is 5.75 Å². The SMILES string of the molecule is Brc1ccc2cc(OCCCCCCCCCCNCC3CC3)ccc2c1.Cl. The number of halogens is 2. The first-order valence-electron chi connectivity index (χ1n) is 10.8. The van der Waals surface area contributed by atoms with Crippen molar-refractivity contribution in [3.63, 3.8) is 0 Å². The van der Waals surface area contributed by atoms with Crippen molar-refractivity contribution in [2.75, 3.05) is 19.7 Å². The van der Waals surface area contributed by atoms with E-state index in [-0.39, 0.29) is 12.4 Å². The average Bonchev–Trinajstić information content (AvgIpc) is 3.50. The second-order valence-electron chi connectivity index (χ2n) is 7.98. The Kier molecular flexibility index (Phi) is 11.3. The fourth-order valence-corrected chi connectivity index (χ4v) is 3.89. The summed E-state index contributed by atoms with van der Waals surface area (Å²) in [6.07, 6.45) is 13.6. The van der Waals surface area contributed by atoms with Crippen LogP contribution in [0.3, 0.4) is 0 Å². The minimum atomic E-state index is 0. The predicted molar refractivity (Wildman–Crippen MR) is 127 cm³/mol. The molecule has 156 valence electrons. The predicted octanol–water partition coefficient (Wildman–Crippen LogP) is 7.52. The van der Waals surface area contributed by atoms with Crippen LogP contribution in [0.25, 0.3) is 10.8 Å². The number of rotatable bonds is 14. The Morgan fingerprint density at radius 3 is 2.21 bits per heavy atom. The third-order valence-corrected chi connectivity index (χ3v) is 5.91. The molecule has 0 radical (unpaired) electrons. The third kappa shape index (κ3) is 9.15. The molecule has 0 aliphatic heterocycles. The summed E-state index contributed by atoms with van der Waals surface area (Å²) in [6, 6.07) is 12.7. The zero-order valence-electron chi connectivity index (χ0n) is 16.9. The second kappa shape index (κ2) is 13.5. The standard InChI is InChI=1S/C24H34BrNO.ClH/c25-23-13-11-22-18-24(14-12-21(22)17-23)27-16-8-6-4-2-1-3-5-7-15-26-19-20-9-10-20;/h11-14,17-18,20,26H,1-10,15-16,19H2;1H. The van der Waals surface area contributed by atoms with E-state index in [1.807, 2.05) is 0 Å². The second-order valence-corrected chi connectivity index (χ2v) is 8.89. The van der Waals surface area contributed by atoms with Crippen molar-refractivity contribution in [2.24, 2.45) is 5.92 Å². The van der Waals surface area contributed by atoms with Crippen LogP contribution in [0.4, 0.5) is 0 Å². The smallest absolute Gasteiger partial charge is 0.119 e. The molecule has 1 fully saturated rings. The van der Waals surface area contributed by atoms with Crippen molar-refractivity contribution in [3.8, 4) is 5.75 Å². The fraction of sp³-hybridized carbons (Fsp3) is 0.583.